The van der Waals surface area contributed by atoms with E-state index in [0.29, 0.717) is 49.2 Å². The summed E-state index contributed by atoms with van der Waals surface area (Å²) in [6, 6.07) is 3.49. The molecule has 0 aromatic carbocycles. The first kappa shape index (κ1) is 21.5. The fraction of sp³-hybridized carbons (Fsp3) is 0.368. The number of nitrogens with zero attached hydrogens (tertiary/aromatic N) is 8. The molecule has 174 valence electrons. The molecule has 2 N–H and O–H groups in total. The molecule has 4 aromatic rings. The van der Waals surface area contributed by atoms with Crippen molar-refractivity contribution in [3.63, 3.8) is 0 Å². The van der Waals surface area contributed by atoms with E-state index in [4.69, 9.17) is 21.8 Å². The van der Waals surface area contributed by atoms with Crippen molar-refractivity contribution >= 4 is 28.9 Å². The number of alkyl halides is 3. The monoisotopic (exact) mass is 481 g/mol. The summed E-state index contributed by atoms with van der Waals surface area (Å²) < 4.78 is 47.9. The van der Waals surface area contributed by atoms with Gasteiger partial charge in [-0.3, -0.25) is 9.58 Å². The fourth-order valence-electron chi connectivity index (χ4n) is 3.84. The van der Waals surface area contributed by atoms with E-state index < -0.39 is 11.9 Å². The predicted octanol–water partition coefficient (Wildman–Crippen LogP) is 2.69. The van der Waals surface area contributed by atoms with Crippen LogP contribution in [0.15, 0.2) is 29.0 Å². The second-order valence-electron chi connectivity index (χ2n) is 7.67. The second-order valence-corrected chi connectivity index (χ2v) is 8.03. The first-order valence-corrected chi connectivity index (χ1v) is 10.4. The van der Waals surface area contributed by atoms with Crippen molar-refractivity contribution in [3.8, 4) is 11.6 Å². The lowest BCUT2D eigenvalue weighted by Crippen LogP contribution is -2.46. The summed E-state index contributed by atoms with van der Waals surface area (Å²) in [5.74, 6) is 1.73. The van der Waals surface area contributed by atoms with Gasteiger partial charge < -0.3 is 15.1 Å². The maximum absolute atomic E-state index is 13.3. The smallest absolute Gasteiger partial charge is 0.435 e. The summed E-state index contributed by atoms with van der Waals surface area (Å²) in [4.78, 5) is 12.7. The molecule has 14 heteroatoms. The van der Waals surface area contributed by atoms with Gasteiger partial charge in [0.15, 0.2) is 22.9 Å². The van der Waals surface area contributed by atoms with Gasteiger partial charge in [0.2, 0.25) is 5.82 Å². The van der Waals surface area contributed by atoms with Crippen LogP contribution in [0.4, 0.5) is 24.8 Å². The minimum absolute atomic E-state index is 0.0109. The largest absolute Gasteiger partial charge is 0.461 e. The number of nitrogen functional groups attached to an aromatic ring is 1. The van der Waals surface area contributed by atoms with Crippen molar-refractivity contribution < 1.29 is 17.6 Å². The Balaban J connectivity index is 1.32. The number of fused-ring (bicyclic) bond motifs is 1. The van der Waals surface area contributed by atoms with Crippen molar-refractivity contribution in [2.45, 2.75) is 12.7 Å². The highest BCUT2D eigenvalue weighted by molar-refractivity contribution is 6.30. The van der Waals surface area contributed by atoms with Gasteiger partial charge in [-0.05, 0) is 12.1 Å². The quantitative estimate of drug-likeness (QED) is 0.474. The van der Waals surface area contributed by atoms with E-state index >= 15 is 0 Å². The molecule has 10 nitrogen and oxygen atoms in total. The first-order valence-electron chi connectivity index (χ1n) is 10.0. The van der Waals surface area contributed by atoms with E-state index in [2.05, 4.69) is 20.2 Å². The number of furan rings is 1. The zero-order valence-electron chi connectivity index (χ0n) is 17.4. The molecule has 1 fully saturated rings. The van der Waals surface area contributed by atoms with Crippen LogP contribution in [0.2, 0.25) is 5.15 Å². The van der Waals surface area contributed by atoms with E-state index in [1.54, 1.807) is 22.8 Å². The topological polar surface area (TPSA) is 107 Å². The van der Waals surface area contributed by atoms with Gasteiger partial charge in [0.05, 0.1) is 12.5 Å². The van der Waals surface area contributed by atoms with Crippen LogP contribution in [-0.4, -0.2) is 60.4 Å². The Morgan fingerprint density at radius 3 is 2.58 bits per heavy atom. The Bertz CT molecular complexity index is 1290. The van der Waals surface area contributed by atoms with Gasteiger partial charge in [0.1, 0.15) is 11.0 Å². The van der Waals surface area contributed by atoms with Crippen LogP contribution in [0.3, 0.4) is 0 Å². The molecule has 0 atom stereocenters. The van der Waals surface area contributed by atoms with Gasteiger partial charge >= 0.3 is 6.18 Å². The number of hydrogen-bond acceptors (Lipinski definition) is 8. The molecular weight excluding hydrogens is 463 g/mol. The van der Waals surface area contributed by atoms with E-state index in [9.17, 15) is 13.2 Å². The lowest BCUT2D eigenvalue weighted by molar-refractivity contribution is -0.142. The van der Waals surface area contributed by atoms with Crippen molar-refractivity contribution in [1.29, 1.82) is 0 Å². The molecule has 0 aliphatic carbocycles. The summed E-state index contributed by atoms with van der Waals surface area (Å²) in [5.41, 5.74) is 5.55. The number of hydrogen-bond donors (Lipinski definition) is 1. The minimum Gasteiger partial charge on any atom is -0.461 e. The van der Waals surface area contributed by atoms with Gasteiger partial charge in [-0.25, -0.2) is 14.5 Å². The van der Waals surface area contributed by atoms with Gasteiger partial charge in [-0.1, -0.05) is 11.6 Å². The lowest BCUT2D eigenvalue weighted by atomic mass is 10.2. The molecule has 1 aliphatic heterocycles. The normalized spacial score (nSPS) is 15.6. The first-order chi connectivity index (χ1) is 15.7. The summed E-state index contributed by atoms with van der Waals surface area (Å²) in [7, 11) is 1.40. The highest BCUT2D eigenvalue weighted by Gasteiger charge is 2.39. The minimum atomic E-state index is -4.56. The van der Waals surface area contributed by atoms with E-state index in [0.717, 1.165) is 4.68 Å². The summed E-state index contributed by atoms with van der Waals surface area (Å²) >= 11 is 6.09. The van der Waals surface area contributed by atoms with Crippen LogP contribution >= 0.6 is 11.6 Å². The zero-order valence-corrected chi connectivity index (χ0v) is 18.2. The molecule has 1 saturated heterocycles. The van der Waals surface area contributed by atoms with Crippen LogP contribution in [0.25, 0.3) is 17.2 Å². The van der Waals surface area contributed by atoms with Crippen molar-refractivity contribution in [2.24, 2.45) is 7.05 Å². The highest BCUT2D eigenvalue weighted by atomic mass is 35.5. The van der Waals surface area contributed by atoms with Crippen LogP contribution in [-0.2, 0) is 19.8 Å². The average molecular weight is 482 g/mol. The van der Waals surface area contributed by atoms with Crippen molar-refractivity contribution in [1.82, 2.24) is 34.3 Å². The molecule has 0 unspecified atom stereocenters. The van der Waals surface area contributed by atoms with E-state index in [1.165, 1.54) is 13.3 Å². The van der Waals surface area contributed by atoms with Crippen molar-refractivity contribution in [3.05, 3.63) is 41.0 Å². The third kappa shape index (κ3) is 3.97. The van der Waals surface area contributed by atoms with Crippen LogP contribution in [0, 0.1) is 0 Å². The Hall–Kier alpha value is -3.32. The molecule has 0 saturated carbocycles. The lowest BCUT2D eigenvalue weighted by Gasteiger charge is -2.35. The molecule has 0 radical (unpaired) electrons. The highest BCUT2D eigenvalue weighted by Crippen LogP contribution is 2.35. The number of aromatic nitrogens is 6. The van der Waals surface area contributed by atoms with E-state index in [1.807, 2.05) is 9.80 Å². The maximum Gasteiger partial charge on any atom is 0.435 e. The SMILES string of the molecule is Cn1nc(C(F)(F)F)c(CN2CCN(c3cn4nc(-c5ccco5)nc4c(N)n3)CC2)c1Cl. The van der Waals surface area contributed by atoms with Gasteiger partial charge in [0.25, 0.3) is 0 Å². The number of rotatable bonds is 4. The summed E-state index contributed by atoms with van der Waals surface area (Å²) in [6.45, 7) is 2.15. The zero-order chi connectivity index (χ0) is 23.3. The standard InChI is InChI=1S/C19H19ClF3N9O/c1-29-15(20)11(14(27-29)19(21,22)23)9-30-4-6-31(7-5-30)13-10-32-18(16(24)25-13)26-17(28-32)12-3-2-8-33-12/h2-3,8,10H,4-7,9H2,1H3,(H2,24,25). The van der Waals surface area contributed by atoms with E-state index in [-0.39, 0.29) is 23.1 Å². The number of piperazine rings is 1. The Kier molecular flexibility index (Phi) is 5.16. The molecule has 1 aliphatic rings. The predicted molar refractivity (Wildman–Crippen MR) is 114 cm³/mol. The molecule has 5 heterocycles. The molecule has 0 amide bonds. The molecular formula is C19H19ClF3N9O. The number of nitrogens with two attached hydrogens (primary N) is 1. The summed E-state index contributed by atoms with van der Waals surface area (Å²) in [5, 5.41) is 7.95. The Morgan fingerprint density at radius 1 is 1.15 bits per heavy atom. The number of aryl methyl sites for hydroxylation is 1. The second kappa shape index (κ2) is 7.92. The van der Waals surface area contributed by atoms with Gasteiger partial charge in [-0.15, -0.1) is 5.10 Å². The molecule has 0 bridgehead atoms. The van der Waals surface area contributed by atoms with Crippen LogP contribution in [0.5, 0.6) is 0 Å². The number of halogens is 4. The third-order valence-electron chi connectivity index (χ3n) is 5.49. The molecule has 33 heavy (non-hydrogen) atoms. The Labute approximate surface area is 190 Å². The third-order valence-corrected chi connectivity index (χ3v) is 5.96. The maximum atomic E-state index is 13.3. The fourth-order valence-corrected chi connectivity index (χ4v) is 4.02. The number of anilines is 2. The molecule has 4 aromatic heterocycles. The average Bonchev–Trinajstić information content (AvgIpc) is 3.50. The van der Waals surface area contributed by atoms with Gasteiger partial charge in [0, 0.05) is 45.3 Å². The summed E-state index contributed by atoms with van der Waals surface area (Å²) in [6.07, 6.45) is -1.31. The van der Waals surface area contributed by atoms with Crippen molar-refractivity contribution in [2.75, 3.05) is 36.8 Å². The Morgan fingerprint density at radius 2 is 1.91 bits per heavy atom. The molecule has 0 spiro atoms. The van der Waals surface area contributed by atoms with Crippen LogP contribution < -0.4 is 10.6 Å². The van der Waals surface area contributed by atoms with Crippen LogP contribution in [0.1, 0.15) is 11.3 Å². The van der Waals surface area contributed by atoms with Gasteiger partial charge in [-0.2, -0.15) is 18.3 Å². The molecule has 5 rings (SSSR count).